The highest BCUT2D eigenvalue weighted by Gasteiger charge is 2.54. The SMILES string of the molecule is CCC1=CCC2C3CC=C4C[C@@H](O)CC[C@]4(C)C3C[C@@H](C)C12. The van der Waals surface area contributed by atoms with E-state index in [1.807, 2.05) is 0 Å². The molecule has 0 aliphatic heterocycles. The first-order chi connectivity index (χ1) is 10.5. The van der Waals surface area contributed by atoms with Crippen LogP contribution in [0.5, 0.6) is 0 Å². The second-order valence-electron chi connectivity index (χ2n) is 8.82. The van der Waals surface area contributed by atoms with Gasteiger partial charge < -0.3 is 5.11 Å². The molecular weight excluding hydrogens is 268 g/mol. The highest BCUT2D eigenvalue weighted by Crippen LogP contribution is 2.62. The molecule has 1 N–H and O–H groups in total. The molecule has 0 radical (unpaired) electrons. The number of aliphatic hydroxyl groups is 1. The fourth-order valence-electron chi connectivity index (χ4n) is 6.78. The maximum atomic E-state index is 10.1. The van der Waals surface area contributed by atoms with E-state index in [2.05, 4.69) is 32.9 Å². The van der Waals surface area contributed by atoms with Gasteiger partial charge in [-0.15, -0.1) is 0 Å². The Labute approximate surface area is 135 Å². The van der Waals surface area contributed by atoms with E-state index in [0.717, 1.165) is 42.4 Å². The highest BCUT2D eigenvalue weighted by atomic mass is 16.3. The summed E-state index contributed by atoms with van der Waals surface area (Å²) >= 11 is 0. The molecule has 2 saturated carbocycles. The predicted octanol–water partition coefficient (Wildman–Crippen LogP) is 5.11. The summed E-state index contributed by atoms with van der Waals surface area (Å²) in [5.74, 6) is 4.39. The van der Waals surface area contributed by atoms with E-state index in [4.69, 9.17) is 0 Å². The van der Waals surface area contributed by atoms with Gasteiger partial charge in [-0.05, 0) is 80.0 Å². The topological polar surface area (TPSA) is 20.2 Å². The summed E-state index contributed by atoms with van der Waals surface area (Å²) in [6, 6.07) is 0. The van der Waals surface area contributed by atoms with E-state index >= 15 is 0 Å². The van der Waals surface area contributed by atoms with Crippen LogP contribution in [0.25, 0.3) is 0 Å². The Kier molecular flexibility index (Phi) is 3.56. The molecule has 122 valence electrons. The van der Waals surface area contributed by atoms with Crippen molar-refractivity contribution in [2.75, 3.05) is 0 Å². The van der Waals surface area contributed by atoms with Crippen LogP contribution in [0.4, 0.5) is 0 Å². The fraction of sp³-hybridized carbons (Fsp3) is 0.810. The van der Waals surface area contributed by atoms with E-state index in [1.165, 1.54) is 32.1 Å². The van der Waals surface area contributed by atoms with Gasteiger partial charge in [0.1, 0.15) is 0 Å². The van der Waals surface area contributed by atoms with E-state index in [-0.39, 0.29) is 6.10 Å². The van der Waals surface area contributed by atoms with Gasteiger partial charge >= 0.3 is 0 Å². The van der Waals surface area contributed by atoms with Crippen LogP contribution in [0.3, 0.4) is 0 Å². The molecule has 4 aliphatic rings. The monoisotopic (exact) mass is 300 g/mol. The minimum absolute atomic E-state index is 0.0792. The van der Waals surface area contributed by atoms with E-state index in [0.29, 0.717) is 5.41 Å². The maximum absolute atomic E-state index is 10.1. The van der Waals surface area contributed by atoms with Gasteiger partial charge in [0.25, 0.3) is 0 Å². The molecule has 1 nitrogen and oxygen atoms in total. The number of hydrogen-bond donors (Lipinski definition) is 1. The molecule has 0 aromatic carbocycles. The lowest BCUT2D eigenvalue weighted by Gasteiger charge is -2.56. The van der Waals surface area contributed by atoms with Crippen molar-refractivity contribution in [3.8, 4) is 0 Å². The van der Waals surface area contributed by atoms with Gasteiger partial charge in [-0.3, -0.25) is 0 Å². The van der Waals surface area contributed by atoms with Crippen LogP contribution in [0.2, 0.25) is 0 Å². The molecule has 0 bridgehead atoms. The Morgan fingerprint density at radius 3 is 2.77 bits per heavy atom. The molecule has 4 aliphatic carbocycles. The molecule has 0 spiro atoms. The third-order valence-corrected chi connectivity index (χ3v) is 7.90. The van der Waals surface area contributed by atoms with E-state index in [1.54, 1.807) is 11.1 Å². The van der Waals surface area contributed by atoms with Crippen molar-refractivity contribution in [2.24, 2.45) is 35.0 Å². The Morgan fingerprint density at radius 1 is 1.23 bits per heavy atom. The van der Waals surface area contributed by atoms with Crippen molar-refractivity contribution in [1.82, 2.24) is 0 Å². The lowest BCUT2D eigenvalue weighted by Crippen LogP contribution is -2.49. The Morgan fingerprint density at radius 2 is 2.00 bits per heavy atom. The summed E-state index contributed by atoms with van der Waals surface area (Å²) in [6.45, 7) is 7.38. The molecule has 0 aromatic rings. The normalized spacial score (nSPS) is 50.5. The van der Waals surface area contributed by atoms with Crippen LogP contribution in [0, 0.1) is 35.0 Å². The summed E-state index contributed by atoms with van der Waals surface area (Å²) in [6.07, 6.45) is 13.5. The maximum Gasteiger partial charge on any atom is 0.0577 e. The second-order valence-corrected chi connectivity index (χ2v) is 8.82. The van der Waals surface area contributed by atoms with Crippen molar-refractivity contribution >= 4 is 0 Å². The molecule has 7 atom stereocenters. The van der Waals surface area contributed by atoms with Crippen LogP contribution >= 0.6 is 0 Å². The summed E-state index contributed by atoms with van der Waals surface area (Å²) in [5, 5.41) is 10.1. The third-order valence-electron chi connectivity index (χ3n) is 7.90. The molecule has 0 aromatic heterocycles. The average molecular weight is 300 g/mol. The number of rotatable bonds is 1. The Bertz CT molecular complexity index is 516. The summed E-state index contributed by atoms with van der Waals surface area (Å²) in [4.78, 5) is 0. The molecule has 4 rings (SSSR count). The van der Waals surface area contributed by atoms with E-state index < -0.39 is 0 Å². The van der Waals surface area contributed by atoms with Gasteiger partial charge in [0.05, 0.1) is 6.10 Å². The van der Waals surface area contributed by atoms with Crippen LogP contribution in [0.15, 0.2) is 23.3 Å². The first-order valence-corrected chi connectivity index (χ1v) is 9.61. The van der Waals surface area contributed by atoms with Crippen LogP contribution in [0.1, 0.15) is 65.7 Å². The minimum Gasteiger partial charge on any atom is -0.393 e. The smallest absolute Gasteiger partial charge is 0.0577 e. The van der Waals surface area contributed by atoms with Crippen molar-refractivity contribution in [1.29, 1.82) is 0 Å². The van der Waals surface area contributed by atoms with Crippen LogP contribution in [-0.2, 0) is 0 Å². The first-order valence-electron chi connectivity index (χ1n) is 9.61. The Balaban J connectivity index is 1.66. The van der Waals surface area contributed by atoms with Crippen molar-refractivity contribution in [2.45, 2.75) is 71.8 Å². The first kappa shape index (κ1) is 15.0. The average Bonchev–Trinajstić information content (AvgIpc) is 2.94. The molecule has 0 heterocycles. The van der Waals surface area contributed by atoms with Gasteiger partial charge in [-0.25, -0.2) is 0 Å². The van der Waals surface area contributed by atoms with Crippen LogP contribution < -0.4 is 0 Å². The molecule has 0 saturated heterocycles. The number of fused-ring (bicyclic) bond motifs is 5. The summed E-state index contributed by atoms with van der Waals surface area (Å²) in [5.41, 5.74) is 3.74. The largest absolute Gasteiger partial charge is 0.393 e. The zero-order valence-corrected chi connectivity index (χ0v) is 14.5. The second kappa shape index (κ2) is 5.23. The Hall–Kier alpha value is -0.560. The molecular formula is C21H32O. The van der Waals surface area contributed by atoms with Gasteiger partial charge in [0, 0.05) is 0 Å². The molecule has 22 heavy (non-hydrogen) atoms. The standard InChI is InChI=1S/C21H32O/c1-4-14-5-7-18-17-8-6-15-12-16(22)9-10-21(15,3)19(17)11-13(2)20(14)18/h5-6,13,16-20,22H,4,7-12H2,1-3H3/t13-,16+,17?,18?,19?,20?,21+/m1/s1. The summed E-state index contributed by atoms with van der Waals surface area (Å²) < 4.78 is 0. The minimum atomic E-state index is -0.0792. The van der Waals surface area contributed by atoms with Gasteiger partial charge in [-0.1, -0.05) is 44.1 Å². The summed E-state index contributed by atoms with van der Waals surface area (Å²) in [7, 11) is 0. The molecule has 2 fully saturated rings. The number of hydrogen-bond acceptors (Lipinski definition) is 1. The van der Waals surface area contributed by atoms with Crippen molar-refractivity contribution < 1.29 is 5.11 Å². The van der Waals surface area contributed by atoms with Crippen molar-refractivity contribution in [3.63, 3.8) is 0 Å². The third kappa shape index (κ3) is 2.00. The van der Waals surface area contributed by atoms with E-state index in [9.17, 15) is 5.11 Å². The zero-order chi connectivity index (χ0) is 15.5. The molecule has 1 heteroatoms. The van der Waals surface area contributed by atoms with Gasteiger partial charge in [0.2, 0.25) is 0 Å². The molecule has 0 amide bonds. The van der Waals surface area contributed by atoms with Gasteiger partial charge in [-0.2, -0.15) is 0 Å². The number of aliphatic hydroxyl groups excluding tert-OH is 1. The zero-order valence-electron chi connectivity index (χ0n) is 14.5. The van der Waals surface area contributed by atoms with Crippen molar-refractivity contribution in [3.05, 3.63) is 23.3 Å². The van der Waals surface area contributed by atoms with Crippen LogP contribution in [-0.4, -0.2) is 11.2 Å². The number of allylic oxidation sites excluding steroid dienone is 3. The fourth-order valence-corrected chi connectivity index (χ4v) is 6.78. The molecule has 4 unspecified atom stereocenters. The lowest BCUT2D eigenvalue weighted by atomic mass is 9.48. The predicted molar refractivity (Wildman–Crippen MR) is 91.4 cm³/mol. The lowest BCUT2D eigenvalue weighted by molar-refractivity contribution is -0.0237. The quantitative estimate of drug-likeness (QED) is 0.667. The van der Waals surface area contributed by atoms with Gasteiger partial charge in [0.15, 0.2) is 0 Å². The highest BCUT2D eigenvalue weighted by molar-refractivity contribution is 5.27.